The average molecular weight is 280 g/mol. The third kappa shape index (κ3) is 2.60. The molecule has 0 atom stereocenters. The molecule has 0 aliphatic carbocycles. The molecule has 1 aromatic carbocycles. The number of benzene rings is 1. The van der Waals surface area contributed by atoms with E-state index >= 15 is 0 Å². The molecule has 0 spiro atoms. The topological polar surface area (TPSA) is 53.1 Å². The number of hydrogen-bond acceptors (Lipinski definition) is 3. The Morgan fingerprint density at radius 2 is 2.05 bits per heavy atom. The first-order valence-electron chi connectivity index (χ1n) is 6.02. The molecule has 2 aromatic rings. The Hall–Kier alpha value is -1.52. The lowest BCUT2D eigenvalue weighted by molar-refractivity contribution is 0.411. The van der Waals surface area contributed by atoms with E-state index in [1.165, 1.54) is 0 Å². The summed E-state index contributed by atoms with van der Waals surface area (Å²) in [7, 11) is 1.62. The van der Waals surface area contributed by atoms with Crippen molar-refractivity contribution in [1.29, 1.82) is 0 Å². The van der Waals surface area contributed by atoms with Gasteiger partial charge in [-0.05, 0) is 39.0 Å². The number of nitrogens with zero attached hydrogens (tertiary/aromatic N) is 2. The van der Waals surface area contributed by atoms with Gasteiger partial charge in [0.15, 0.2) is 0 Å². The van der Waals surface area contributed by atoms with Crippen LogP contribution in [0.2, 0.25) is 5.02 Å². The Balaban J connectivity index is 2.60. The molecule has 0 bridgehead atoms. The van der Waals surface area contributed by atoms with E-state index in [1.807, 2.05) is 32.9 Å². The van der Waals surface area contributed by atoms with Crippen molar-refractivity contribution in [2.24, 2.45) is 5.73 Å². The summed E-state index contributed by atoms with van der Waals surface area (Å²) in [5.41, 5.74) is 8.49. The minimum atomic E-state index is -0.436. The number of hydrogen-bond donors (Lipinski definition) is 1. The van der Waals surface area contributed by atoms with Crippen LogP contribution in [0.15, 0.2) is 24.4 Å². The van der Waals surface area contributed by atoms with E-state index in [-0.39, 0.29) is 0 Å². The van der Waals surface area contributed by atoms with E-state index in [0.29, 0.717) is 5.02 Å². The van der Waals surface area contributed by atoms with Crippen molar-refractivity contribution in [3.8, 4) is 11.4 Å². The Morgan fingerprint density at radius 3 is 2.58 bits per heavy atom. The van der Waals surface area contributed by atoms with Crippen LogP contribution < -0.4 is 10.5 Å². The lowest BCUT2D eigenvalue weighted by Gasteiger charge is -2.18. The number of rotatable bonds is 3. The third-order valence-corrected chi connectivity index (χ3v) is 3.31. The zero-order chi connectivity index (χ0) is 14.2. The quantitative estimate of drug-likeness (QED) is 0.939. The zero-order valence-electron chi connectivity index (χ0n) is 11.6. The second-order valence-electron chi connectivity index (χ2n) is 5.09. The van der Waals surface area contributed by atoms with Gasteiger partial charge in [0.2, 0.25) is 0 Å². The normalized spacial score (nSPS) is 11.7. The molecule has 19 heavy (non-hydrogen) atoms. The molecule has 0 saturated carbocycles. The van der Waals surface area contributed by atoms with E-state index in [0.717, 1.165) is 22.7 Å². The van der Waals surface area contributed by atoms with Gasteiger partial charge in [-0.25, -0.2) is 4.68 Å². The van der Waals surface area contributed by atoms with Crippen LogP contribution in [-0.2, 0) is 5.54 Å². The van der Waals surface area contributed by atoms with Crippen LogP contribution in [0.4, 0.5) is 0 Å². The number of halogens is 1. The van der Waals surface area contributed by atoms with Crippen LogP contribution in [0, 0.1) is 6.92 Å². The molecule has 0 fully saturated rings. The molecule has 1 aromatic heterocycles. The van der Waals surface area contributed by atoms with Gasteiger partial charge in [-0.15, -0.1) is 0 Å². The van der Waals surface area contributed by atoms with E-state index in [9.17, 15) is 0 Å². The molecule has 2 rings (SSSR count). The van der Waals surface area contributed by atoms with E-state index in [2.05, 4.69) is 5.10 Å². The molecule has 102 valence electrons. The highest BCUT2D eigenvalue weighted by atomic mass is 35.5. The van der Waals surface area contributed by atoms with Crippen molar-refractivity contribution < 1.29 is 4.74 Å². The van der Waals surface area contributed by atoms with Gasteiger partial charge in [0.05, 0.1) is 13.3 Å². The van der Waals surface area contributed by atoms with Gasteiger partial charge in [-0.3, -0.25) is 0 Å². The molecule has 0 unspecified atom stereocenters. The van der Waals surface area contributed by atoms with Gasteiger partial charge in [-0.2, -0.15) is 5.10 Å². The summed E-state index contributed by atoms with van der Waals surface area (Å²) in [6.45, 7) is 5.89. The third-order valence-electron chi connectivity index (χ3n) is 3.07. The smallest absolute Gasteiger partial charge is 0.144 e. The standard InChI is InChI=1S/C14H18ClN3O/c1-9-11(14(2,3)16)8-17-18(9)12-7-10(15)5-6-13(12)19-4/h5-8H,16H2,1-4H3. The maximum Gasteiger partial charge on any atom is 0.144 e. The Kier molecular flexibility index (Phi) is 3.56. The molecule has 0 amide bonds. The van der Waals surface area contributed by atoms with E-state index in [1.54, 1.807) is 24.1 Å². The molecule has 0 saturated heterocycles. The maximum atomic E-state index is 6.14. The summed E-state index contributed by atoms with van der Waals surface area (Å²) < 4.78 is 7.15. The van der Waals surface area contributed by atoms with Gasteiger partial charge in [0.25, 0.3) is 0 Å². The Morgan fingerprint density at radius 1 is 1.37 bits per heavy atom. The number of nitrogens with two attached hydrogens (primary N) is 1. The average Bonchev–Trinajstić information content (AvgIpc) is 2.70. The molecular weight excluding hydrogens is 262 g/mol. The Labute approximate surface area is 118 Å². The van der Waals surface area contributed by atoms with Crippen molar-refractivity contribution in [1.82, 2.24) is 9.78 Å². The van der Waals surface area contributed by atoms with Crippen molar-refractivity contribution in [2.45, 2.75) is 26.3 Å². The SMILES string of the molecule is COc1ccc(Cl)cc1-n1ncc(C(C)(C)N)c1C. The van der Waals surface area contributed by atoms with Crippen LogP contribution in [0.3, 0.4) is 0 Å². The lowest BCUT2D eigenvalue weighted by atomic mass is 9.97. The second-order valence-corrected chi connectivity index (χ2v) is 5.53. The summed E-state index contributed by atoms with van der Waals surface area (Å²) >= 11 is 6.05. The maximum absolute atomic E-state index is 6.14. The summed E-state index contributed by atoms with van der Waals surface area (Å²) in [5, 5.41) is 5.04. The van der Waals surface area contributed by atoms with E-state index < -0.39 is 5.54 Å². The molecule has 0 aliphatic rings. The van der Waals surface area contributed by atoms with Crippen molar-refractivity contribution in [2.75, 3.05) is 7.11 Å². The van der Waals surface area contributed by atoms with Crippen LogP contribution >= 0.6 is 11.6 Å². The monoisotopic (exact) mass is 279 g/mol. The van der Waals surface area contributed by atoms with Crippen molar-refractivity contribution in [3.63, 3.8) is 0 Å². The fourth-order valence-electron chi connectivity index (χ4n) is 2.11. The minimum absolute atomic E-state index is 0.436. The number of methoxy groups -OCH3 is 1. The predicted octanol–water partition coefficient (Wildman–Crippen LogP) is 3.04. The molecular formula is C14H18ClN3O. The van der Waals surface area contributed by atoms with Crippen molar-refractivity contribution >= 4 is 11.6 Å². The second kappa shape index (κ2) is 4.87. The van der Waals surface area contributed by atoms with Gasteiger partial charge >= 0.3 is 0 Å². The number of aromatic nitrogens is 2. The van der Waals surface area contributed by atoms with Gasteiger partial charge < -0.3 is 10.5 Å². The van der Waals surface area contributed by atoms with Crippen LogP contribution in [-0.4, -0.2) is 16.9 Å². The molecule has 4 nitrogen and oxygen atoms in total. The molecule has 0 aliphatic heterocycles. The van der Waals surface area contributed by atoms with Gasteiger partial charge in [0, 0.05) is 21.8 Å². The minimum Gasteiger partial charge on any atom is -0.494 e. The first kappa shape index (κ1) is 13.9. The zero-order valence-corrected chi connectivity index (χ0v) is 12.3. The fraction of sp³-hybridized carbons (Fsp3) is 0.357. The summed E-state index contributed by atoms with van der Waals surface area (Å²) in [6, 6.07) is 5.44. The number of ether oxygens (including phenoxy) is 1. The molecule has 5 heteroatoms. The highest BCUT2D eigenvalue weighted by Gasteiger charge is 2.21. The largest absolute Gasteiger partial charge is 0.494 e. The molecule has 1 heterocycles. The highest BCUT2D eigenvalue weighted by molar-refractivity contribution is 6.30. The van der Waals surface area contributed by atoms with Gasteiger partial charge in [-0.1, -0.05) is 11.6 Å². The Bertz CT molecular complexity index is 599. The molecule has 0 radical (unpaired) electrons. The summed E-state index contributed by atoms with van der Waals surface area (Å²) in [4.78, 5) is 0. The van der Waals surface area contributed by atoms with E-state index in [4.69, 9.17) is 22.1 Å². The van der Waals surface area contributed by atoms with Crippen molar-refractivity contribution in [3.05, 3.63) is 40.7 Å². The van der Waals surface area contributed by atoms with Crippen LogP contribution in [0.25, 0.3) is 5.69 Å². The van der Waals surface area contributed by atoms with Crippen LogP contribution in [0.5, 0.6) is 5.75 Å². The summed E-state index contributed by atoms with van der Waals surface area (Å²) in [6.07, 6.45) is 1.79. The lowest BCUT2D eigenvalue weighted by Crippen LogP contribution is -2.29. The van der Waals surface area contributed by atoms with Gasteiger partial charge in [0.1, 0.15) is 11.4 Å². The molecule has 2 N–H and O–H groups in total. The fourth-order valence-corrected chi connectivity index (χ4v) is 2.28. The first-order valence-corrected chi connectivity index (χ1v) is 6.40. The first-order chi connectivity index (χ1) is 8.84. The van der Waals surface area contributed by atoms with Crippen LogP contribution in [0.1, 0.15) is 25.1 Å². The highest BCUT2D eigenvalue weighted by Crippen LogP contribution is 2.29. The summed E-state index contributed by atoms with van der Waals surface area (Å²) in [5.74, 6) is 0.719. The predicted molar refractivity (Wildman–Crippen MR) is 77.1 cm³/mol.